The van der Waals surface area contributed by atoms with Gasteiger partial charge in [0.05, 0.1) is 23.3 Å². The first kappa shape index (κ1) is 32.5. The summed E-state index contributed by atoms with van der Waals surface area (Å²) in [6.07, 6.45) is 3.85. The van der Waals surface area contributed by atoms with Gasteiger partial charge in [0, 0.05) is 24.3 Å². The SMILES string of the molecule is CC(C)[C@@H]1NC(C(C)(F)F)C(C)(C)/C=C/c2ccc3ccc(nc3c2)[C@@H](C)OC(=O)[C@@H]2CCCN(N2)C(=O)[C@H](C)NC1=O. The molecule has 0 spiro atoms. The van der Waals surface area contributed by atoms with E-state index in [2.05, 4.69) is 16.1 Å². The number of aromatic nitrogens is 1. The van der Waals surface area contributed by atoms with Gasteiger partial charge in [-0.05, 0) is 50.3 Å². The Bertz CT molecular complexity index is 1390. The van der Waals surface area contributed by atoms with Crippen LogP contribution in [0.2, 0.25) is 0 Å². The first-order valence-electron chi connectivity index (χ1n) is 14.9. The number of amides is 2. The lowest BCUT2D eigenvalue weighted by atomic mass is 9.79. The summed E-state index contributed by atoms with van der Waals surface area (Å²) in [4.78, 5) is 44.5. The number of fused-ring (bicyclic) bond motifs is 4. The molecular weight excluding hydrogens is 556 g/mol. The zero-order valence-corrected chi connectivity index (χ0v) is 25.9. The number of benzene rings is 1. The van der Waals surface area contributed by atoms with Gasteiger partial charge in [-0.15, -0.1) is 0 Å². The van der Waals surface area contributed by atoms with Crippen LogP contribution < -0.4 is 16.1 Å². The van der Waals surface area contributed by atoms with Crippen molar-refractivity contribution in [3.8, 4) is 0 Å². The predicted octanol–water partition coefficient (Wildman–Crippen LogP) is 4.53. The summed E-state index contributed by atoms with van der Waals surface area (Å²) in [5, 5.41) is 7.83. The van der Waals surface area contributed by atoms with Crippen molar-refractivity contribution < 1.29 is 27.9 Å². The number of hydrogen-bond donors (Lipinski definition) is 3. The number of pyridine rings is 1. The van der Waals surface area contributed by atoms with Gasteiger partial charge in [0.2, 0.25) is 5.91 Å². The van der Waals surface area contributed by atoms with Crippen LogP contribution >= 0.6 is 0 Å². The van der Waals surface area contributed by atoms with Crippen molar-refractivity contribution >= 4 is 34.8 Å². The number of hydrogen-bond acceptors (Lipinski definition) is 7. The van der Waals surface area contributed by atoms with Gasteiger partial charge in [-0.25, -0.2) is 19.2 Å². The molecule has 2 aliphatic rings. The first-order valence-corrected chi connectivity index (χ1v) is 14.9. The molecule has 2 amide bonds. The average molecular weight is 600 g/mol. The van der Waals surface area contributed by atoms with Gasteiger partial charge in [0.25, 0.3) is 11.8 Å². The Labute approximate surface area is 251 Å². The van der Waals surface area contributed by atoms with Gasteiger partial charge in [-0.3, -0.25) is 24.7 Å². The Morgan fingerprint density at radius 1 is 1.12 bits per heavy atom. The molecule has 1 saturated heterocycles. The molecule has 9 nitrogen and oxygen atoms in total. The van der Waals surface area contributed by atoms with Gasteiger partial charge in [-0.1, -0.05) is 58.0 Å². The van der Waals surface area contributed by atoms with Crippen molar-refractivity contribution in [3.63, 3.8) is 0 Å². The van der Waals surface area contributed by atoms with E-state index in [1.54, 1.807) is 52.8 Å². The second-order valence-electron chi connectivity index (χ2n) is 12.7. The molecule has 1 fully saturated rings. The molecule has 2 aromatic rings. The molecule has 234 valence electrons. The average Bonchev–Trinajstić information content (AvgIpc) is 2.93. The Balaban J connectivity index is 1.76. The van der Waals surface area contributed by atoms with Crippen molar-refractivity contribution in [1.29, 1.82) is 0 Å². The van der Waals surface area contributed by atoms with E-state index >= 15 is 8.78 Å². The molecule has 3 heterocycles. The number of nitrogens with one attached hydrogen (secondary N) is 3. The Morgan fingerprint density at radius 3 is 2.49 bits per heavy atom. The molecule has 5 bridgehead atoms. The number of carbonyl (C=O) groups excluding carboxylic acids is 3. The van der Waals surface area contributed by atoms with Gasteiger partial charge < -0.3 is 10.1 Å². The molecule has 43 heavy (non-hydrogen) atoms. The zero-order valence-electron chi connectivity index (χ0n) is 25.9. The van der Waals surface area contributed by atoms with Gasteiger partial charge >= 0.3 is 5.97 Å². The Kier molecular flexibility index (Phi) is 9.56. The Morgan fingerprint density at radius 2 is 1.81 bits per heavy atom. The number of esters is 1. The fraction of sp³-hybridized carbons (Fsp3) is 0.562. The first-order chi connectivity index (χ1) is 20.1. The minimum absolute atomic E-state index is 0.337. The van der Waals surface area contributed by atoms with E-state index in [0.29, 0.717) is 30.6 Å². The molecule has 5 atom stereocenters. The van der Waals surface area contributed by atoms with Crippen LogP contribution in [0.3, 0.4) is 0 Å². The highest BCUT2D eigenvalue weighted by Gasteiger charge is 2.46. The van der Waals surface area contributed by atoms with E-state index in [4.69, 9.17) is 9.72 Å². The molecule has 0 radical (unpaired) electrons. The summed E-state index contributed by atoms with van der Waals surface area (Å²) < 4.78 is 36.1. The summed E-state index contributed by atoms with van der Waals surface area (Å²) in [5.74, 6) is -5.06. The van der Waals surface area contributed by atoms with Crippen LogP contribution in [0.25, 0.3) is 17.0 Å². The standard InChI is InChI=1S/C32H43F2N5O4/c1-18(2)26-27(40)35-19(3)28(41)39-16-8-9-24(38-39)29(42)43-20(4)23-13-12-22-11-10-21(17-25(22)36-23)14-15-31(5,6)30(37-26)32(7,33)34/h10-15,17-20,24,26,30,37-38H,8-9,16H2,1-7H3,(H,35,40)/b15-14+/t19-,20+,24-,26-,30?/m0/s1. The monoisotopic (exact) mass is 599 g/mol. The molecule has 11 heteroatoms. The Hall–Kier alpha value is -3.44. The van der Waals surface area contributed by atoms with E-state index in [-0.39, 0.29) is 5.92 Å². The predicted molar refractivity (Wildman–Crippen MR) is 161 cm³/mol. The van der Waals surface area contributed by atoms with E-state index in [1.807, 2.05) is 24.3 Å². The quantitative estimate of drug-likeness (QED) is 0.435. The fourth-order valence-electron chi connectivity index (χ4n) is 5.68. The number of halogens is 2. The highest BCUT2D eigenvalue weighted by Crippen LogP contribution is 2.35. The van der Waals surface area contributed by atoms with Gasteiger partial charge in [-0.2, -0.15) is 0 Å². The highest BCUT2D eigenvalue weighted by atomic mass is 19.3. The van der Waals surface area contributed by atoms with Crippen LogP contribution in [-0.2, 0) is 19.1 Å². The second kappa shape index (κ2) is 12.7. The topological polar surface area (TPSA) is 113 Å². The normalized spacial score (nSPS) is 28.5. The van der Waals surface area contributed by atoms with E-state index in [9.17, 15) is 14.4 Å². The summed E-state index contributed by atoms with van der Waals surface area (Å²) >= 11 is 0. The van der Waals surface area contributed by atoms with Crippen molar-refractivity contribution in [2.24, 2.45) is 11.3 Å². The second-order valence-corrected chi connectivity index (χ2v) is 12.7. The molecule has 0 saturated carbocycles. The number of cyclic esters (lactones) is 1. The molecule has 4 rings (SSSR count). The van der Waals surface area contributed by atoms with Crippen LogP contribution in [0.1, 0.15) is 78.7 Å². The van der Waals surface area contributed by atoms with Gasteiger partial charge in [0.15, 0.2) is 0 Å². The largest absolute Gasteiger partial charge is 0.455 e. The minimum atomic E-state index is -3.19. The number of carbonyl (C=O) groups is 3. The molecular formula is C32H43F2N5O4. The smallest absolute Gasteiger partial charge is 0.325 e. The molecule has 1 aromatic carbocycles. The van der Waals surface area contributed by atoms with Crippen LogP contribution in [0.5, 0.6) is 0 Å². The third-order valence-corrected chi connectivity index (χ3v) is 8.16. The lowest BCUT2D eigenvalue weighted by molar-refractivity contribution is -0.157. The maximum atomic E-state index is 15.2. The van der Waals surface area contributed by atoms with E-state index in [0.717, 1.165) is 17.9 Å². The maximum absolute atomic E-state index is 15.2. The van der Waals surface area contributed by atoms with Crippen molar-refractivity contribution in [2.45, 2.75) is 97.5 Å². The number of rotatable bonds is 2. The number of ether oxygens (including phenoxy) is 1. The third-order valence-electron chi connectivity index (χ3n) is 8.16. The molecule has 1 aromatic heterocycles. The van der Waals surface area contributed by atoms with Crippen molar-refractivity contribution in [1.82, 2.24) is 26.1 Å². The van der Waals surface area contributed by atoms with Crippen LogP contribution in [-0.4, -0.2) is 64.4 Å². The zero-order chi connectivity index (χ0) is 31.7. The number of nitrogens with zero attached hydrogens (tertiary/aromatic N) is 2. The van der Waals surface area contributed by atoms with Crippen LogP contribution in [0.4, 0.5) is 8.78 Å². The summed E-state index contributed by atoms with van der Waals surface area (Å²) in [5.41, 5.74) is 3.84. The number of hydrazine groups is 1. The third kappa shape index (κ3) is 7.56. The molecule has 1 unspecified atom stereocenters. The maximum Gasteiger partial charge on any atom is 0.325 e. The van der Waals surface area contributed by atoms with Crippen molar-refractivity contribution in [3.05, 3.63) is 47.7 Å². The summed E-state index contributed by atoms with van der Waals surface area (Å²) in [6.45, 7) is 11.4. The lowest BCUT2D eigenvalue weighted by Gasteiger charge is -2.40. The van der Waals surface area contributed by atoms with E-state index < -0.39 is 59.4 Å². The lowest BCUT2D eigenvalue weighted by Crippen LogP contribution is -2.63. The molecule has 3 N–H and O–H groups in total. The van der Waals surface area contributed by atoms with Crippen LogP contribution in [0, 0.1) is 11.3 Å². The molecule has 2 aliphatic heterocycles. The van der Waals surface area contributed by atoms with E-state index in [1.165, 1.54) is 11.9 Å². The van der Waals surface area contributed by atoms with Crippen molar-refractivity contribution in [2.75, 3.05) is 6.54 Å². The van der Waals surface area contributed by atoms with Crippen LogP contribution in [0.15, 0.2) is 36.4 Å². The highest BCUT2D eigenvalue weighted by molar-refractivity contribution is 5.90. The summed E-state index contributed by atoms with van der Waals surface area (Å²) in [6, 6.07) is 5.18. The fourth-order valence-corrected chi connectivity index (χ4v) is 5.68. The summed E-state index contributed by atoms with van der Waals surface area (Å²) in [7, 11) is 0. The minimum Gasteiger partial charge on any atom is -0.455 e. The molecule has 0 aliphatic carbocycles. The number of alkyl halides is 2. The van der Waals surface area contributed by atoms with Gasteiger partial charge in [0.1, 0.15) is 18.2 Å².